The van der Waals surface area contributed by atoms with Crippen molar-refractivity contribution in [3.63, 3.8) is 0 Å². The molecule has 0 heterocycles. The van der Waals surface area contributed by atoms with Crippen LogP contribution < -0.4 is 5.32 Å². The molecule has 112 valence electrons. The van der Waals surface area contributed by atoms with Crippen LogP contribution in [0.4, 0.5) is 4.39 Å². The molecule has 1 aliphatic rings. The average Bonchev–Trinajstić information content (AvgIpc) is 2.45. The summed E-state index contributed by atoms with van der Waals surface area (Å²) in [6.45, 7) is 3.37. The van der Waals surface area contributed by atoms with E-state index >= 15 is 0 Å². The molecule has 0 amide bonds. The van der Waals surface area contributed by atoms with Crippen molar-refractivity contribution in [1.82, 2.24) is 5.32 Å². The van der Waals surface area contributed by atoms with Gasteiger partial charge in [0.2, 0.25) is 0 Å². The van der Waals surface area contributed by atoms with Crippen LogP contribution in [0.1, 0.15) is 38.2 Å². The van der Waals surface area contributed by atoms with Crippen molar-refractivity contribution in [3.8, 4) is 0 Å². The highest BCUT2D eigenvalue weighted by molar-refractivity contribution is 6.30. The number of benzene rings is 1. The van der Waals surface area contributed by atoms with Crippen LogP contribution >= 0.6 is 11.6 Å². The van der Waals surface area contributed by atoms with E-state index in [4.69, 9.17) is 11.6 Å². The third-order valence-electron chi connectivity index (χ3n) is 4.77. The van der Waals surface area contributed by atoms with Crippen LogP contribution in [-0.4, -0.2) is 13.6 Å². The van der Waals surface area contributed by atoms with E-state index in [9.17, 15) is 4.39 Å². The van der Waals surface area contributed by atoms with E-state index in [-0.39, 0.29) is 10.8 Å². The van der Waals surface area contributed by atoms with E-state index in [1.54, 1.807) is 6.07 Å². The molecule has 1 aromatic carbocycles. The molecule has 0 spiro atoms. The van der Waals surface area contributed by atoms with Crippen molar-refractivity contribution in [2.75, 3.05) is 13.6 Å². The fourth-order valence-electron chi connectivity index (χ4n) is 3.54. The Morgan fingerprint density at radius 2 is 2.10 bits per heavy atom. The fourth-order valence-corrected chi connectivity index (χ4v) is 3.75. The molecule has 20 heavy (non-hydrogen) atoms. The van der Waals surface area contributed by atoms with Crippen LogP contribution in [0.3, 0.4) is 0 Å². The molecule has 0 radical (unpaired) electrons. The Morgan fingerprint density at radius 3 is 2.75 bits per heavy atom. The maximum atomic E-state index is 13.2. The highest BCUT2D eigenvalue weighted by Crippen LogP contribution is 2.37. The molecule has 0 aliphatic heterocycles. The lowest BCUT2D eigenvalue weighted by Gasteiger charge is -2.36. The maximum Gasteiger partial charge on any atom is 0.141 e. The summed E-state index contributed by atoms with van der Waals surface area (Å²) in [6, 6.07) is 5.17. The summed E-state index contributed by atoms with van der Waals surface area (Å²) in [5.41, 5.74) is 1.17. The van der Waals surface area contributed by atoms with Gasteiger partial charge in [-0.25, -0.2) is 4.39 Å². The van der Waals surface area contributed by atoms with Crippen LogP contribution in [0.25, 0.3) is 0 Å². The molecule has 0 aromatic heterocycles. The SMILES string of the molecule is CCC1CCC(CNC)C(Cc2ccc(F)c(Cl)c2)C1. The van der Waals surface area contributed by atoms with Gasteiger partial charge in [-0.05, 0) is 68.3 Å². The van der Waals surface area contributed by atoms with Crippen molar-refractivity contribution in [1.29, 1.82) is 0 Å². The minimum atomic E-state index is -0.322. The van der Waals surface area contributed by atoms with E-state index in [1.165, 1.54) is 37.3 Å². The second kappa shape index (κ2) is 7.42. The zero-order valence-corrected chi connectivity index (χ0v) is 13.2. The monoisotopic (exact) mass is 297 g/mol. The molecule has 1 saturated carbocycles. The minimum Gasteiger partial charge on any atom is -0.319 e. The van der Waals surface area contributed by atoms with Gasteiger partial charge in [0.25, 0.3) is 0 Å². The molecule has 1 aliphatic carbocycles. The Bertz CT molecular complexity index is 435. The highest BCUT2D eigenvalue weighted by Gasteiger charge is 2.29. The second-order valence-corrected chi connectivity index (χ2v) is 6.52. The molecule has 3 atom stereocenters. The number of hydrogen-bond donors (Lipinski definition) is 1. The maximum absolute atomic E-state index is 13.2. The van der Waals surface area contributed by atoms with Crippen molar-refractivity contribution in [2.45, 2.75) is 39.0 Å². The minimum absolute atomic E-state index is 0.246. The quantitative estimate of drug-likeness (QED) is 0.832. The molecule has 3 unspecified atom stereocenters. The van der Waals surface area contributed by atoms with Crippen molar-refractivity contribution < 1.29 is 4.39 Å². The molecular weight excluding hydrogens is 273 g/mol. The normalized spacial score (nSPS) is 26.7. The first kappa shape index (κ1) is 15.8. The third-order valence-corrected chi connectivity index (χ3v) is 5.06. The first-order chi connectivity index (χ1) is 9.63. The van der Waals surface area contributed by atoms with Crippen molar-refractivity contribution >= 4 is 11.6 Å². The number of halogens is 2. The van der Waals surface area contributed by atoms with Gasteiger partial charge in [0.15, 0.2) is 0 Å². The summed E-state index contributed by atoms with van der Waals surface area (Å²) in [7, 11) is 2.03. The molecule has 3 heteroatoms. The van der Waals surface area contributed by atoms with E-state index in [0.29, 0.717) is 5.92 Å². The molecule has 2 rings (SSSR count). The summed E-state index contributed by atoms with van der Waals surface area (Å²) in [5, 5.41) is 3.57. The van der Waals surface area contributed by atoms with Gasteiger partial charge in [-0.15, -0.1) is 0 Å². The van der Waals surface area contributed by atoms with Gasteiger partial charge in [-0.1, -0.05) is 37.4 Å². The topological polar surface area (TPSA) is 12.0 Å². The zero-order valence-electron chi connectivity index (χ0n) is 12.5. The summed E-state index contributed by atoms with van der Waals surface area (Å²) < 4.78 is 13.2. The standard InChI is InChI=1S/C17H25ClFN/c1-3-12-4-6-14(11-20-2)15(8-12)9-13-5-7-17(19)16(18)10-13/h5,7,10,12,14-15,20H,3-4,6,8-9,11H2,1-2H3. The van der Waals surface area contributed by atoms with Crippen LogP contribution in [0.15, 0.2) is 18.2 Å². The molecule has 0 bridgehead atoms. The summed E-state index contributed by atoms with van der Waals surface area (Å²) in [6.07, 6.45) is 6.23. The van der Waals surface area contributed by atoms with Gasteiger partial charge in [-0.2, -0.15) is 0 Å². The van der Waals surface area contributed by atoms with E-state index in [0.717, 1.165) is 24.8 Å². The highest BCUT2D eigenvalue weighted by atomic mass is 35.5. The van der Waals surface area contributed by atoms with E-state index < -0.39 is 0 Å². The van der Waals surface area contributed by atoms with Gasteiger partial charge in [0.05, 0.1) is 5.02 Å². The van der Waals surface area contributed by atoms with Gasteiger partial charge >= 0.3 is 0 Å². The van der Waals surface area contributed by atoms with E-state index in [1.807, 2.05) is 13.1 Å². The van der Waals surface area contributed by atoms with Gasteiger partial charge in [-0.3, -0.25) is 0 Å². The smallest absolute Gasteiger partial charge is 0.141 e. The summed E-state index contributed by atoms with van der Waals surface area (Å²) in [5.74, 6) is 1.94. The summed E-state index contributed by atoms with van der Waals surface area (Å²) in [4.78, 5) is 0. The van der Waals surface area contributed by atoms with Gasteiger partial charge < -0.3 is 5.32 Å². The largest absolute Gasteiger partial charge is 0.319 e. The van der Waals surface area contributed by atoms with Crippen molar-refractivity contribution in [3.05, 3.63) is 34.6 Å². The van der Waals surface area contributed by atoms with Crippen LogP contribution in [-0.2, 0) is 6.42 Å². The first-order valence-corrected chi connectivity index (χ1v) is 8.10. The first-order valence-electron chi connectivity index (χ1n) is 7.72. The van der Waals surface area contributed by atoms with Crippen molar-refractivity contribution in [2.24, 2.45) is 17.8 Å². The molecule has 0 saturated heterocycles. The Kier molecular flexibility index (Phi) is 5.86. The Labute approximate surface area is 126 Å². The molecule has 1 N–H and O–H groups in total. The molecule has 1 aromatic rings. The number of nitrogens with one attached hydrogen (secondary N) is 1. The second-order valence-electron chi connectivity index (χ2n) is 6.12. The molecule has 1 nitrogen and oxygen atoms in total. The lowest BCUT2D eigenvalue weighted by atomic mass is 9.71. The molecule has 1 fully saturated rings. The summed E-state index contributed by atoms with van der Waals surface area (Å²) >= 11 is 5.90. The van der Waals surface area contributed by atoms with Crippen LogP contribution in [0.2, 0.25) is 5.02 Å². The third kappa shape index (κ3) is 3.95. The zero-order chi connectivity index (χ0) is 14.5. The van der Waals surface area contributed by atoms with Gasteiger partial charge in [0, 0.05) is 0 Å². The molecular formula is C17H25ClFN. The fraction of sp³-hybridized carbons (Fsp3) is 0.647. The number of hydrogen-bond acceptors (Lipinski definition) is 1. The van der Waals surface area contributed by atoms with Gasteiger partial charge in [0.1, 0.15) is 5.82 Å². The predicted molar refractivity (Wildman–Crippen MR) is 83.7 cm³/mol. The van der Waals surface area contributed by atoms with E-state index in [2.05, 4.69) is 12.2 Å². The number of rotatable bonds is 5. The lowest BCUT2D eigenvalue weighted by molar-refractivity contribution is 0.173. The average molecular weight is 298 g/mol. The Hall–Kier alpha value is -0.600. The predicted octanol–water partition coefficient (Wildman–Crippen LogP) is 4.68. The Morgan fingerprint density at radius 1 is 1.30 bits per heavy atom. The van der Waals surface area contributed by atoms with Crippen LogP contribution in [0, 0.1) is 23.6 Å². The Balaban J connectivity index is 2.07. The lowest BCUT2D eigenvalue weighted by Crippen LogP contribution is -2.33. The van der Waals surface area contributed by atoms with Crippen LogP contribution in [0.5, 0.6) is 0 Å².